The van der Waals surface area contributed by atoms with E-state index in [2.05, 4.69) is 52.7 Å². The van der Waals surface area contributed by atoms with Gasteiger partial charge >= 0.3 is 12.5 Å². The Labute approximate surface area is 783 Å². The largest absolute Gasteiger partial charge is 0.573 e. The molecule has 0 aliphatic rings. The van der Waals surface area contributed by atoms with Gasteiger partial charge in [-0.1, -0.05) is 116 Å². The van der Waals surface area contributed by atoms with Crippen molar-refractivity contribution in [2.75, 3.05) is 7.11 Å². The molecule has 12 aromatic carbocycles. The summed E-state index contributed by atoms with van der Waals surface area (Å²) in [7, 11) is 1.63. The molecule has 0 saturated heterocycles. The Morgan fingerprint density at radius 3 is 0.891 bits per heavy atom. The predicted molar refractivity (Wildman–Crippen MR) is 502 cm³/mol. The van der Waals surface area contributed by atoms with Gasteiger partial charge in [0, 0.05) is 122 Å². The summed E-state index contributed by atoms with van der Waals surface area (Å²) in [6.07, 6.45) is -2.87. The summed E-state index contributed by atoms with van der Waals surface area (Å²) >= 11 is 0. The molecular formula is C107H83F7N8O16. The van der Waals surface area contributed by atoms with Gasteiger partial charge in [0.15, 0.2) is 34.6 Å². The third-order valence-electron chi connectivity index (χ3n) is 20.4. The molecule has 31 heteroatoms. The Kier molecular flexibility index (Phi) is 31.6. The van der Waals surface area contributed by atoms with Gasteiger partial charge in [-0.3, -0.25) is 4.98 Å². The molecule has 0 amide bonds. The first-order valence-electron chi connectivity index (χ1n) is 42.4. The van der Waals surface area contributed by atoms with Crippen LogP contribution in [0, 0.1) is 12.7 Å². The number of methoxy groups -OCH3 is 1. The number of rotatable bonds is 19. The number of nitrogens with zero attached hydrogens (tertiary/aromatic N) is 8. The van der Waals surface area contributed by atoms with Crippen LogP contribution in [0.25, 0.3) is 147 Å². The van der Waals surface area contributed by atoms with Crippen molar-refractivity contribution in [3.8, 4) is 199 Å². The third kappa shape index (κ3) is 27.3. The zero-order chi connectivity index (χ0) is 97.1. The van der Waals surface area contributed by atoms with Crippen molar-refractivity contribution in [2.45, 2.75) is 52.1 Å². The monoisotopic (exact) mass is 1870 g/mol. The number of hydrogen-bond donors (Lipinski definition) is 7. The molecule has 8 aromatic heterocycles. The number of aromatic hydroxyl groups is 7. The van der Waals surface area contributed by atoms with Crippen LogP contribution in [0.2, 0.25) is 0 Å². The standard InChI is InChI=1S/C16H10F3NO3.C16H10F3NO2.C16H13NO3.C16H13NO2.C15H10FNO2.C14H10N2O2.C14H17NO2/c17-16(18,19)22-13-7-3-11(4-8-13)15-9-14(20-23-15)10-1-5-12(21)6-2-10;17-16(18,19)12-5-1-11(2-6-12)15-9-14(20-22-15)10-3-7-13(21)8-4-10;1-19-14-8-4-12(5-9-14)16-10-15(17-20-16)11-2-6-13(18)7-3-11;1-11-2-4-13(5-3-11)16-10-15(17-19-16)12-6-8-14(18)9-7-12;16-12-3-1-2-11(8-12)15-9-14(17-19-15)10-4-6-13(18)7-5-10;17-11-6-4-10(5-7-11)13-9-14(18-16-13)12-3-1-2-8-15-12;1-2-3-4-5-13-10-14(15-17-13)11-6-8-12(16)9-7-11/h1-9,21H;1-9,21H;2-10,18H,1H3;2-10,18H,1H3;1-9,18H;1-9,17H;6-10,16H,2-5H2,1H3. The first-order valence-corrected chi connectivity index (χ1v) is 42.4. The molecule has 0 aliphatic carbocycles. The highest BCUT2D eigenvalue weighted by Gasteiger charge is 2.32. The van der Waals surface area contributed by atoms with Crippen LogP contribution >= 0.6 is 0 Å². The highest BCUT2D eigenvalue weighted by atomic mass is 19.4. The fourth-order valence-corrected chi connectivity index (χ4v) is 13.1. The van der Waals surface area contributed by atoms with Crippen molar-refractivity contribution >= 4 is 0 Å². The fourth-order valence-electron chi connectivity index (χ4n) is 13.1. The molecule has 20 rings (SSSR count). The van der Waals surface area contributed by atoms with E-state index in [1.165, 1.54) is 91.2 Å². The second-order valence-electron chi connectivity index (χ2n) is 30.4. The van der Waals surface area contributed by atoms with E-state index in [-0.39, 0.29) is 51.8 Å². The molecule has 0 saturated carbocycles. The number of benzene rings is 12. The number of phenolic OH excluding ortho intramolecular Hbond substituents is 7. The van der Waals surface area contributed by atoms with Crippen LogP contribution in [-0.4, -0.2) is 90.3 Å². The van der Waals surface area contributed by atoms with E-state index < -0.39 is 18.1 Å². The summed E-state index contributed by atoms with van der Waals surface area (Å²) in [6.45, 7) is 4.23. The van der Waals surface area contributed by atoms with E-state index in [0.29, 0.717) is 62.6 Å². The van der Waals surface area contributed by atoms with Crippen molar-refractivity contribution in [1.29, 1.82) is 0 Å². The van der Waals surface area contributed by atoms with Gasteiger partial charge in [-0.2, -0.15) is 13.2 Å². The molecule has 0 aliphatic heterocycles. The van der Waals surface area contributed by atoms with E-state index in [1.807, 2.05) is 122 Å². The SMILES string of the molecule is CCCCCc1cc(-c2ccc(O)cc2)no1.COc1ccc(-c2cc(-c3ccc(O)cc3)no2)cc1.Cc1ccc(-c2cc(-c3ccc(O)cc3)no2)cc1.Oc1ccc(-c2cc(-c3ccc(C(F)(F)F)cc3)on2)cc1.Oc1ccc(-c2cc(-c3ccc(OC(F)(F)F)cc3)on2)cc1.Oc1ccc(-c2cc(-c3cccc(F)c3)on2)cc1.Oc1ccc(-c2cc(-c3ccccn3)on2)cc1. The summed E-state index contributed by atoms with van der Waals surface area (Å²) < 4.78 is 133. The first-order chi connectivity index (χ1) is 66.7. The third-order valence-corrected chi connectivity index (χ3v) is 20.4. The van der Waals surface area contributed by atoms with Crippen molar-refractivity contribution < 1.29 is 108 Å². The maximum Gasteiger partial charge on any atom is 0.573 e. The Morgan fingerprint density at radius 2 is 0.580 bits per heavy atom. The van der Waals surface area contributed by atoms with Gasteiger partial charge in [0.1, 0.15) is 109 Å². The van der Waals surface area contributed by atoms with Gasteiger partial charge in [0.2, 0.25) is 0 Å². The lowest BCUT2D eigenvalue weighted by Crippen LogP contribution is -2.16. The van der Waals surface area contributed by atoms with E-state index >= 15 is 0 Å². The van der Waals surface area contributed by atoms with Crippen LogP contribution in [0.15, 0.2) is 390 Å². The Hall–Kier alpha value is -18.0. The first kappa shape index (κ1) is 96.0. The lowest BCUT2D eigenvalue weighted by atomic mass is 10.1. The quantitative estimate of drug-likeness (QED) is 0.0292. The molecule has 0 spiro atoms. The van der Waals surface area contributed by atoms with Crippen molar-refractivity contribution in [2.24, 2.45) is 0 Å². The van der Waals surface area contributed by atoms with E-state index in [1.54, 1.807) is 165 Å². The Bertz CT molecular complexity index is 7120. The smallest absolute Gasteiger partial charge is 0.508 e. The van der Waals surface area contributed by atoms with E-state index in [4.69, 9.17) is 36.4 Å². The number of aryl methyl sites for hydroxylation is 2. The topological polar surface area (TPSA) is 355 Å². The van der Waals surface area contributed by atoms with Gasteiger partial charge in [-0.15, -0.1) is 13.2 Å². The molecule has 20 aromatic rings. The second-order valence-corrected chi connectivity index (χ2v) is 30.4. The Morgan fingerprint density at radius 1 is 0.283 bits per heavy atom. The maximum absolute atomic E-state index is 13.1. The summed E-state index contributed by atoms with van der Waals surface area (Å²) in [5, 5.41) is 92.6. The lowest BCUT2D eigenvalue weighted by Gasteiger charge is -2.08. The lowest BCUT2D eigenvalue weighted by molar-refractivity contribution is -0.274. The van der Waals surface area contributed by atoms with Gasteiger partial charge in [-0.05, 0) is 268 Å². The van der Waals surface area contributed by atoms with Crippen molar-refractivity contribution in [3.05, 3.63) is 381 Å². The van der Waals surface area contributed by atoms with Gasteiger partial charge in [0.05, 0.1) is 12.7 Å². The number of alkyl halides is 6. The highest BCUT2D eigenvalue weighted by molar-refractivity contribution is 5.74. The molecule has 0 fully saturated rings. The van der Waals surface area contributed by atoms with Crippen LogP contribution in [0.5, 0.6) is 51.7 Å². The average Bonchev–Trinajstić information content (AvgIpc) is 1.50. The number of pyridine rings is 1. The summed E-state index contributed by atoms with van der Waals surface area (Å²) in [6, 6.07) is 96.9. The van der Waals surface area contributed by atoms with Gasteiger partial charge < -0.3 is 76.9 Å². The molecule has 0 unspecified atom stereocenters. The van der Waals surface area contributed by atoms with E-state index in [9.17, 15) is 66.5 Å². The predicted octanol–water partition coefficient (Wildman–Crippen LogP) is 27.8. The number of unbranched alkanes of at least 4 members (excludes halogenated alkanes) is 2. The number of ether oxygens (including phenoxy) is 2. The number of hydrogen-bond acceptors (Lipinski definition) is 24. The molecular weight excluding hydrogens is 1790 g/mol. The summed E-state index contributed by atoms with van der Waals surface area (Å²) in [5.41, 5.74) is 15.6. The summed E-state index contributed by atoms with van der Waals surface area (Å²) in [5.74, 6) is 5.87. The number of halogens is 7. The minimum atomic E-state index is -4.72. The molecule has 0 radical (unpaired) electrons. The zero-order valence-electron chi connectivity index (χ0n) is 73.4. The molecule has 138 heavy (non-hydrogen) atoms. The van der Waals surface area contributed by atoms with Crippen molar-refractivity contribution in [3.63, 3.8) is 0 Å². The van der Waals surface area contributed by atoms with Crippen LogP contribution in [0.1, 0.15) is 43.1 Å². The Balaban J connectivity index is 0.000000129. The molecule has 696 valence electrons. The molecule has 7 N–H and O–H groups in total. The maximum atomic E-state index is 13.1. The van der Waals surface area contributed by atoms with E-state index in [0.717, 1.165) is 121 Å². The minimum Gasteiger partial charge on any atom is -0.508 e. The van der Waals surface area contributed by atoms with Crippen LogP contribution < -0.4 is 9.47 Å². The van der Waals surface area contributed by atoms with Gasteiger partial charge in [-0.25, -0.2) is 4.39 Å². The van der Waals surface area contributed by atoms with Gasteiger partial charge in [0.25, 0.3) is 0 Å². The van der Waals surface area contributed by atoms with Crippen LogP contribution in [-0.2, 0) is 12.6 Å². The average molecular weight is 1870 g/mol. The molecule has 0 atom stereocenters. The summed E-state index contributed by atoms with van der Waals surface area (Å²) in [4.78, 5) is 4.20. The van der Waals surface area contributed by atoms with Crippen molar-refractivity contribution in [1.82, 2.24) is 41.1 Å². The number of aromatic nitrogens is 8. The normalized spacial score (nSPS) is 10.9. The molecule has 0 bridgehead atoms. The zero-order valence-corrected chi connectivity index (χ0v) is 73.4. The van der Waals surface area contributed by atoms with Crippen LogP contribution in [0.3, 0.4) is 0 Å². The highest BCUT2D eigenvalue weighted by Crippen LogP contribution is 2.38. The molecule has 24 nitrogen and oxygen atoms in total. The minimum absolute atomic E-state index is 0.134. The van der Waals surface area contributed by atoms with Crippen LogP contribution in [0.4, 0.5) is 30.7 Å². The molecule has 8 heterocycles. The number of phenols is 7. The fraction of sp³-hybridized carbons (Fsp3) is 0.0841. The second kappa shape index (κ2) is 45.4.